The number of aryl methyl sites for hydroxylation is 1. The molecule has 4 rings (SSSR count). The van der Waals surface area contributed by atoms with Crippen LogP contribution >= 0.6 is 0 Å². The lowest BCUT2D eigenvalue weighted by atomic mass is 10.1. The largest absolute Gasteiger partial charge is 0.463 e. The van der Waals surface area contributed by atoms with Gasteiger partial charge in [-0.1, -0.05) is 38.1 Å². The zero-order valence-corrected chi connectivity index (χ0v) is 28.4. The third-order valence-corrected chi connectivity index (χ3v) is 8.45. The lowest BCUT2D eigenvalue weighted by Crippen LogP contribution is -2.39. The summed E-state index contributed by atoms with van der Waals surface area (Å²) in [7, 11) is 2.03. The number of hydrogen-bond acceptors (Lipinski definition) is 9. The molecule has 1 aromatic carbocycles. The number of hydrogen-bond donors (Lipinski definition) is 1. The Morgan fingerprint density at radius 1 is 0.870 bits per heavy atom. The molecule has 46 heavy (non-hydrogen) atoms. The van der Waals surface area contributed by atoms with E-state index in [1.807, 2.05) is 25.6 Å². The number of esters is 1. The van der Waals surface area contributed by atoms with E-state index >= 15 is 0 Å². The van der Waals surface area contributed by atoms with E-state index in [9.17, 15) is 4.79 Å². The van der Waals surface area contributed by atoms with Gasteiger partial charge in [0.05, 0.1) is 32.8 Å². The first-order valence-electron chi connectivity index (χ1n) is 17.2. The Balaban J connectivity index is 1.33. The number of ether oxygens (including phenoxy) is 2. The van der Waals surface area contributed by atoms with Gasteiger partial charge in [-0.2, -0.15) is 0 Å². The number of benzene rings is 1. The summed E-state index contributed by atoms with van der Waals surface area (Å²) in [6, 6.07) is 8.80. The predicted octanol–water partition coefficient (Wildman–Crippen LogP) is 3.93. The molecule has 1 aliphatic rings. The Hall–Kier alpha value is -3.09. The first-order chi connectivity index (χ1) is 22.5. The highest BCUT2D eigenvalue weighted by atomic mass is 16.5. The molecule has 254 valence electrons. The molecule has 0 spiro atoms. The zero-order valence-electron chi connectivity index (χ0n) is 28.4. The summed E-state index contributed by atoms with van der Waals surface area (Å²) < 4.78 is 13.2. The van der Waals surface area contributed by atoms with Crippen molar-refractivity contribution in [1.29, 1.82) is 0 Å². The third-order valence-electron chi connectivity index (χ3n) is 8.45. The summed E-state index contributed by atoms with van der Waals surface area (Å²) >= 11 is 0. The van der Waals surface area contributed by atoms with E-state index in [1.54, 1.807) is 6.20 Å². The highest BCUT2D eigenvalue weighted by molar-refractivity contribution is 5.71. The van der Waals surface area contributed by atoms with Crippen LogP contribution in [0, 0.1) is 0 Å². The second-order valence-electron chi connectivity index (χ2n) is 12.4. The van der Waals surface area contributed by atoms with Crippen LogP contribution < -0.4 is 0 Å². The first-order valence-corrected chi connectivity index (χ1v) is 17.2. The molecule has 3 aromatic rings. The molecule has 1 aliphatic heterocycles. The van der Waals surface area contributed by atoms with Crippen molar-refractivity contribution in [2.24, 2.45) is 7.05 Å². The summed E-state index contributed by atoms with van der Waals surface area (Å²) in [5.41, 5.74) is 2.43. The van der Waals surface area contributed by atoms with Crippen LogP contribution in [0.1, 0.15) is 62.3 Å². The quantitative estimate of drug-likeness (QED) is 0.130. The summed E-state index contributed by atoms with van der Waals surface area (Å²) in [6.45, 7) is 16.5. The number of unbranched alkanes of at least 4 members (excludes halogenated alkanes) is 1. The van der Waals surface area contributed by atoms with Crippen LogP contribution in [0.15, 0.2) is 49.1 Å². The number of imidazole rings is 2. The second-order valence-corrected chi connectivity index (χ2v) is 12.4. The fourth-order valence-corrected chi connectivity index (χ4v) is 5.97. The van der Waals surface area contributed by atoms with Crippen molar-refractivity contribution in [3.05, 3.63) is 71.8 Å². The Morgan fingerprint density at radius 3 is 2.15 bits per heavy atom. The Morgan fingerprint density at radius 2 is 1.54 bits per heavy atom. The summed E-state index contributed by atoms with van der Waals surface area (Å²) in [5.74, 6) is 1.81. The number of nitrogens with zero attached hydrogens (tertiary/aromatic N) is 7. The highest BCUT2D eigenvalue weighted by Gasteiger charge is 2.16. The van der Waals surface area contributed by atoms with Gasteiger partial charge in [-0.05, 0) is 63.0 Å². The number of carbonyl (C=O) groups is 1. The van der Waals surface area contributed by atoms with E-state index in [0.717, 1.165) is 103 Å². The fraction of sp³-hybridized carbons (Fsp3) is 0.629. The molecule has 0 saturated carbocycles. The third kappa shape index (κ3) is 13.0. The van der Waals surface area contributed by atoms with Gasteiger partial charge in [0, 0.05) is 64.6 Å². The Bertz CT molecular complexity index is 1220. The van der Waals surface area contributed by atoms with Gasteiger partial charge in [-0.25, -0.2) is 9.97 Å². The lowest BCUT2D eigenvalue weighted by molar-refractivity contribution is -0.145. The molecule has 11 heteroatoms. The molecule has 3 heterocycles. The van der Waals surface area contributed by atoms with Crippen LogP contribution in [0.2, 0.25) is 0 Å². The number of carbonyl (C=O) groups excluding carboxylic acids is 1. The fourth-order valence-electron chi connectivity index (χ4n) is 5.97. The van der Waals surface area contributed by atoms with Gasteiger partial charge in [0.15, 0.2) is 0 Å². The minimum atomic E-state index is -0.147. The standard InChI is InChI=1S/C35H56N8O3/c1-4-15-40(16-5-2)17-6-7-18-42(30-35(44)46-25-22-41-20-23-45-24-21-41)26-31-8-10-32(11-9-31)27-43(28-33-36-12-13-37-33)29-34-38-14-19-39(34)3/h8-14,19H,4-7,15-18,20-30H2,1-3H3,(H,36,37). The van der Waals surface area contributed by atoms with Gasteiger partial charge in [0.2, 0.25) is 0 Å². The smallest absolute Gasteiger partial charge is 0.320 e. The van der Waals surface area contributed by atoms with E-state index < -0.39 is 0 Å². The topological polar surface area (TPSA) is 95.0 Å². The van der Waals surface area contributed by atoms with Gasteiger partial charge in [-0.15, -0.1) is 0 Å². The maximum Gasteiger partial charge on any atom is 0.320 e. The first kappa shape index (κ1) is 35.8. The molecular weight excluding hydrogens is 580 g/mol. The number of aromatic nitrogens is 4. The van der Waals surface area contributed by atoms with Crippen molar-refractivity contribution < 1.29 is 14.3 Å². The monoisotopic (exact) mass is 636 g/mol. The SMILES string of the molecule is CCCN(CCC)CCCCN(CC(=O)OCCN1CCOCC1)Cc1ccc(CN(Cc2ncc[nH]2)Cc2nccn2C)cc1. The molecule has 0 amide bonds. The normalized spacial score (nSPS) is 14.1. The number of morpholine rings is 1. The number of rotatable bonds is 22. The molecule has 0 radical (unpaired) electrons. The second kappa shape index (κ2) is 20.2. The van der Waals surface area contributed by atoms with Gasteiger partial charge in [-0.3, -0.25) is 19.5 Å². The molecule has 1 saturated heterocycles. The van der Waals surface area contributed by atoms with E-state index in [2.05, 4.69) is 77.2 Å². The summed E-state index contributed by atoms with van der Waals surface area (Å²) in [4.78, 5) is 34.6. The van der Waals surface area contributed by atoms with Crippen LogP contribution in [0.3, 0.4) is 0 Å². The molecule has 0 unspecified atom stereocenters. The molecule has 2 aromatic heterocycles. The molecule has 0 bridgehead atoms. The van der Waals surface area contributed by atoms with E-state index in [-0.39, 0.29) is 5.97 Å². The van der Waals surface area contributed by atoms with Gasteiger partial charge in [0.1, 0.15) is 18.3 Å². The molecule has 0 atom stereocenters. The van der Waals surface area contributed by atoms with Gasteiger partial charge >= 0.3 is 5.97 Å². The lowest BCUT2D eigenvalue weighted by Gasteiger charge is -2.26. The van der Waals surface area contributed by atoms with Crippen LogP contribution in [0.5, 0.6) is 0 Å². The number of nitrogens with one attached hydrogen (secondary N) is 1. The van der Waals surface area contributed by atoms with Crippen LogP contribution in [0.25, 0.3) is 0 Å². The van der Waals surface area contributed by atoms with E-state index in [1.165, 1.54) is 24.0 Å². The maximum absolute atomic E-state index is 12.9. The summed E-state index contributed by atoms with van der Waals surface area (Å²) in [6.07, 6.45) is 12.0. The van der Waals surface area contributed by atoms with Crippen molar-refractivity contribution in [1.82, 2.24) is 39.1 Å². The van der Waals surface area contributed by atoms with Crippen molar-refractivity contribution >= 4 is 5.97 Å². The average Bonchev–Trinajstić information content (AvgIpc) is 3.72. The van der Waals surface area contributed by atoms with E-state index in [0.29, 0.717) is 19.7 Å². The minimum Gasteiger partial charge on any atom is -0.463 e. The number of H-pyrrole nitrogens is 1. The van der Waals surface area contributed by atoms with Crippen LogP contribution in [0.4, 0.5) is 0 Å². The van der Waals surface area contributed by atoms with Crippen molar-refractivity contribution in [2.75, 3.05) is 72.2 Å². The van der Waals surface area contributed by atoms with Crippen LogP contribution in [-0.4, -0.2) is 117 Å². The van der Waals surface area contributed by atoms with Crippen LogP contribution in [-0.2, 0) is 47.5 Å². The molecule has 1 fully saturated rings. The van der Waals surface area contributed by atoms with E-state index in [4.69, 9.17) is 9.47 Å². The van der Waals surface area contributed by atoms with Crippen molar-refractivity contribution in [2.45, 2.75) is 65.7 Å². The Labute approximate surface area is 275 Å². The molecule has 0 aliphatic carbocycles. The highest BCUT2D eigenvalue weighted by Crippen LogP contribution is 2.15. The Kier molecular flexibility index (Phi) is 15.7. The molecular formula is C35H56N8O3. The van der Waals surface area contributed by atoms with Crippen molar-refractivity contribution in [3.63, 3.8) is 0 Å². The minimum absolute atomic E-state index is 0.147. The summed E-state index contributed by atoms with van der Waals surface area (Å²) in [5, 5.41) is 0. The van der Waals surface area contributed by atoms with Gasteiger partial charge < -0.3 is 23.9 Å². The molecule has 11 nitrogen and oxygen atoms in total. The zero-order chi connectivity index (χ0) is 32.4. The predicted molar refractivity (Wildman–Crippen MR) is 181 cm³/mol. The average molecular weight is 637 g/mol. The maximum atomic E-state index is 12.9. The van der Waals surface area contributed by atoms with Crippen molar-refractivity contribution in [3.8, 4) is 0 Å². The number of aromatic amines is 1. The van der Waals surface area contributed by atoms with Gasteiger partial charge in [0.25, 0.3) is 0 Å². The molecule has 1 N–H and O–H groups in total.